The highest BCUT2D eigenvalue weighted by molar-refractivity contribution is 5.93. The van der Waals surface area contributed by atoms with E-state index in [0.717, 1.165) is 17.3 Å². The van der Waals surface area contributed by atoms with Crippen LogP contribution in [-0.4, -0.2) is 25.4 Å². The zero-order valence-corrected chi connectivity index (χ0v) is 14.1. The number of hydroxylamine groups is 1. The molecule has 0 atom stereocenters. The number of nitrogens with zero attached hydrogens (tertiary/aromatic N) is 2. The van der Waals surface area contributed by atoms with E-state index in [1.165, 1.54) is 9.96 Å². The van der Waals surface area contributed by atoms with E-state index in [1.807, 2.05) is 12.1 Å². The number of hydrogen-bond acceptors (Lipinski definition) is 4. The van der Waals surface area contributed by atoms with Gasteiger partial charge in [0.05, 0.1) is 30.6 Å². The van der Waals surface area contributed by atoms with E-state index < -0.39 is 11.9 Å². The Morgan fingerprint density at radius 2 is 1.74 bits per heavy atom. The molecule has 0 unspecified atom stereocenters. The molecule has 27 heavy (non-hydrogen) atoms. The minimum absolute atomic E-state index is 0.109. The molecule has 0 radical (unpaired) electrons. The molecule has 5 nitrogen and oxygen atoms in total. The van der Waals surface area contributed by atoms with Crippen molar-refractivity contribution < 1.29 is 27.5 Å². The minimum Gasteiger partial charge on any atom is -0.466 e. The van der Waals surface area contributed by atoms with Crippen LogP contribution in [0.2, 0.25) is 0 Å². The lowest BCUT2D eigenvalue weighted by Crippen LogP contribution is -2.21. The summed E-state index contributed by atoms with van der Waals surface area (Å²) >= 11 is 0. The molecule has 2 aromatic carbocycles. The molecule has 0 bridgehead atoms. The number of halogens is 3. The Labute approximate surface area is 153 Å². The molecule has 4 rings (SSSR count). The standard InChI is InChI=1S/C19H15F3N2O3/c20-19(21,22)17-11-23(12-26-17)16-4-2-1-3-15(16)13-5-7-14(8-6-13)24-18(25)9-10-27-24/h1-8,11H,9-10,12H2. The molecule has 2 heterocycles. The number of para-hydroxylation sites is 1. The number of allylic oxidation sites excluding steroid dienone is 1. The van der Waals surface area contributed by atoms with Crippen LogP contribution in [0, 0.1) is 0 Å². The molecule has 1 fully saturated rings. The van der Waals surface area contributed by atoms with Gasteiger partial charge in [-0.2, -0.15) is 18.2 Å². The Morgan fingerprint density at radius 3 is 2.37 bits per heavy atom. The fourth-order valence-electron chi connectivity index (χ4n) is 3.01. The van der Waals surface area contributed by atoms with Crippen LogP contribution in [-0.2, 0) is 14.4 Å². The maximum atomic E-state index is 12.8. The molecule has 1 saturated heterocycles. The smallest absolute Gasteiger partial charge is 0.450 e. The third-order valence-corrected chi connectivity index (χ3v) is 4.30. The fourth-order valence-corrected chi connectivity index (χ4v) is 3.01. The van der Waals surface area contributed by atoms with Crippen LogP contribution in [0.1, 0.15) is 6.42 Å². The summed E-state index contributed by atoms with van der Waals surface area (Å²) in [4.78, 5) is 18.5. The SMILES string of the molecule is O=C1CCON1c1ccc(-c2ccccc2N2C=C(C(F)(F)F)OC2)cc1. The maximum absolute atomic E-state index is 12.8. The molecule has 0 aliphatic carbocycles. The van der Waals surface area contributed by atoms with Crippen LogP contribution in [0.3, 0.4) is 0 Å². The molecule has 0 N–H and O–H groups in total. The van der Waals surface area contributed by atoms with E-state index in [0.29, 0.717) is 24.4 Å². The molecule has 1 amide bonds. The van der Waals surface area contributed by atoms with Gasteiger partial charge in [-0.3, -0.25) is 9.63 Å². The number of carbonyl (C=O) groups is 1. The third-order valence-electron chi connectivity index (χ3n) is 4.30. The number of benzene rings is 2. The largest absolute Gasteiger partial charge is 0.466 e. The van der Waals surface area contributed by atoms with Crippen molar-refractivity contribution in [3.8, 4) is 11.1 Å². The summed E-state index contributed by atoms with van der Waals surface area (Å²) < 4.78 is 43.3. The van der Waals surface area contributed by atoms with E-state index in [2.05, 4.69) is 0 Å². The lowest BCUT2D eigenvalue weighted by molar-refractivity contribution is -0.126. The second-order valence-electron chi connectivity index (χ2n) is 6.07. The molecular formula is C19H15F3N2O3. The first-order chi connectivity index (χ1) is 12.9. The van der Waals surface area contributed by atoms with E-state index in [-0.39, 0.29) is 12.6 Å². The minimum atomic E-state index is -4.52. The first kappa shape index (κ1) is 17.4. The Hall–Kier alpha value is -3.00. The Balaban J connectivity index is 1.64. The molecule has 0 saturated carbocycles. The van der Waals surface area contributed by atoms with Crippen LogP contribution in [0.15, 0.2) is 60.5 Å². The number of amides is 1. The second-order valence-corrected chi connectivity index (χ2v) is 6.07. The first-order valence-corrected chi connectivity index (χ1v) is 8.27. The van der Waals surface area contributed by atoms with Gasteiger partial charge in [-0.1, -0.05) is 30.3 Å². The fraction of sp³-hybridized carbons (Fsp3) is 0.211. The van der Waals surface area contributed by atoms with E-state index in [9.17, 15) is 18.0 Å². The predicted molar refractivity (Wildman–Crippen MR) is 92.5 cm³/mol. The van der Waals surface area contributed by atoms with Gasteiger partial charge in [0, 0.05) is 5.56 Å². The third kappa shape index (κ3) is 3.35. The summed E-state index contributed by atoms with van der Waals surface area (Å²) in [5.74, 6) is -1.13. The molecule has 0 spiro atoms. The Kier molecular flexibility index (Phi) is 4.27. The zero-order chi connectivity index (χ0) is 19.0. The summed E-state index contributed by atoms with van der Waals surface area (Å²) in [6, 6.07) is 14.2. The van der Waals surface area contributed by atoms with Gasteiger partial charge in [-0.05, 0) is 23.8 Å². The van der Waals surface area contributed by atoms with Gasteiger partial charge in [-0.15, -0.1) is 0 Å². The van der Waals surface area contributed by atoms with Crippen LogP contribution in [0.4, 0.5) is 24.5 Å². The molecule has 2 aromatic rings. The average molecular weight is 376 g/mol. The van der Waals surface area contributed by atoms with Crippen molar-refractivity contribution in [1.82, 2.24) is 0 Å². The first-order valence-electron chi connectivity index (χ1n) is 8.27. The van der Waals surface area contributed by atoms with Gasteiger partial charge in [-0.25, -0.2) is 0 Å². The number of anilines is 2. The van der Waals surface area contributed by atoms with Gasteiger partial charge >= 0.3 is 6.18 Å². The Morgan fingerprint density at radius 1 is 1.00 bits per heavy atom. The van der Waals surface area contributed by atoms with Gasteiger partial charge in [0.25, 0.3) is 5.91 Å². The van der Waals surface area contributed by atoms with E-state index >= 15 is 0 Å². The molecule has 140 valence electrons. The summed E-state index contributed by atoms with van der Waals surface area (Å²) in [6.07, 6.45) is -3.22. The maximum Gasteiger partial charge on any atom is 0.450 e. The number of carbonyl (C=O) groups excluding carboxylic acids is 1. The van der Waals surface area contributed by atoms with Crippen molar-refractivity contribution >= 4 is 17.3 Å². The Bertz CT molecular complexity index is 894. The van der Waals surface area contributed by atoms with Crippen molar-refractivity contribution in [1.29, 1.82) is 0 Å². The average Bonchev–Trinajstić information content (AvgIpc) is 3.31. The molecule has 0 aromatic heterocycles. The highest BCUT2D eigenvalue weighted by Gasteiger charge is 2.39. The van der Waals surface area contributed by atoms with Gasteiger partial charge in [0.1, 0.15) is 0 Å². The van der Waals surface area contributed by atoms with Crippen molar-refractivity contribution in [3.05, 3.63) is 60.5 Å². The molecule has 2 aliphatic rings. The van der Waals surface area contributed by atoms with Gasteiger partial charge in [0.15, 0.2) is 6.73 Å². The molecule has 8 heteroatoms. The van der Waals surface area contributed by atoms with Crippen LogP contribution < -0.4 is 9.96 Å². The summed E-state index contributed by atoms with van der Waals surface area (Å²) in [6.45, 7) is 0.145. The quantitative estimate of drug-likeness (QED) is 0.805. The number of hydrogen-bond donors (Lipinski definition) is 0. The van der Waals surface area contributed by atoms with E-state index in [1.54, 1.807) is 36.4 Å². The topological polar surface area (TPSA) is 42.0 Å². The molecule has 2 aliphatic heterocycles. The van der Waals surface area contributed by atoms with Gasteiger partial charge < -0.3 is 9.64 Å². The second kappa shape index (κ2) is 6.62. The number of rotatable bonds is 3. The van der Waals surface area contributed by atoms with Crippen molar-refractivity contribution in [2.24, 2.45) is 0 Å². The lowest BCUT2D eigenvalue weighted by atomic mass is 10.0. The molecular weight excluding hydrogens is 361 g/mol. The monoisotopic (exact) mass is 376 g/mol. The summed E-state index contributed by atoms with van der Waals surface area (Å²) in [7, 11) is 0. The van der Waals surface area contributed by atoms with Gasteiger partial charge in [0.2, 0.25) is 5.76 Å². The van der Waals surface area contributed by atoms with Crippen molar-refractivity contribution in [2.75, 3.05) is 23.3 Å². The lowest BCUT2D eigenvalue weighted by Gasteiger charge is -2.19. The van der Waals surface area contributed by atoms with Crippen LogP contribution >= 0.6 is 0 Å². The van der Waals surface area contributed by atoms with Crippen molar-refractivity contribution in [2.45, 2.75) is 12.6 Å². The predicted octanol–water partition coefficient (Wildman–Crippen LogP) is 4.22. The normalized spacial score (nSPS) is 17.3. The number of alkyl halides is 3. The van der Waals surface area contributed by atoms with Crippen molar-refractivity contribution in [3.63, 3.8) is 0 Å². The van der Waals surface area contributed by atoms with Crippen LogP contribution in [0.5, 0.6) is 0 Å². The zero-order valence-electron chi connectivity index (χ0n) is 14.1. The highest BCUT2D eigenvalue weighted by Crippen LogP contribution is 2.37. The van der Waals surface area contributed by atoms with E-state index in [4.69, 9.17) is 9.57 Å². The highest BCUT2D eigenvalue weighted by atomic mass is 19.4. The summed E-state index contributed by atoms with van der Waals surface area (Å²) in [5.41, 5.74) is 2.76. The number of ether oxygens (including phenoxy) is 1. The van der Waals surface area contributed by atoms with Crippen LogP contribution in [0.25, 0.3) is 11.1 Å². The summed E-state index contributed by atoms with van der Waals surface area (Å²) in [5, 5.41) is 1.25.